The summed E-state index contributed by atoms with van der Waals surface area (Å²) >= 11 is 2.34. The lowest BCUT2D eigenvalue weighted by Crippen LogP contribution is -2.24. The molecule has 0 atom stereocenters. The van der Waals surface area contributed by atoms with Gasteiger partial charge >= 0.3 is 6.18 Å². The molecule has 0 spiro atoms. The summed E-state index contributed by atoms with van der Waals surface area (Å²) in [5.74, 6) is -0.628. The molecule has 2 amide bonds. The number of carbonyl (C=O) groups excluding carboxylic acids is 2. The molecular weight excluding hydrogens is 511 g/mol. The van der Waals surface area contributed by atoms with E-state index in [1.165, 1.54) is 29.5 Å². The van der Waals surface area contributed by atoms with E-state index in [9.17, 15) is 22.8 Å². The minimum atomic E-state index is -4.59. The van der Waals surface area contributed by atoms with Crippen molar-refractivity contribution in [2.45, 2.75) is 24.8 Å². The number of aromatic nitrogens is 3. The van der Waals surface area contributed by atoms with Gasteiger partial charge in [-0.3, -0.25) is 14.2 Å². The smallest absolute Gasteiger partial charge is 0.344 e. The molecule has 0 unspecified atom stereocenters. The third-order valence-electron chi connectivity index (χ3n) is 4.95. The van der Waals surface area contributed by atoms with E-state index in [1.807, 2.05) is 31.2 Å². The Bertz CT molecular complexity index is 1370. The Hall–Kier alpha value is -3.64. The zero-order chi connectivity index (χ0) is 25.7. The highest BCUT2D eigenvalue weighted by atomic mass is 32.2. The number of benzene rings is 2. The van der Waals surface area contributed by atoms with Crippen molar-refractivity contribution in [3.05, 3.63) is 87.9 Å². The number of aryl methyl sites for hydroxylation is 1. The van der Waals surface area contributed by atoms with Crippen LogP contribution in [0.3, 0.4) is 0 Å². The molecule has 36 heavy (non-hydrogen) atoms. The van der Waals surface area contributed by atoms with Crippen LogP contribution in [0.1, 0.15) is 26.6 Å². The number of anilines is 1. The van der Waals surface area contributed by atoms with E-state index in [4.69, 9.17) is 0 Å². The number of hydrogen-bond acceptors (Lipinski definition) is 6. The third-order valence-corrected chi connectivity index (χ3v) is 6.75. The number of thioether (sulfide) groups is 1. The second kappa shape index (κ2) is 11.0. The molecule has 0 aliphatic rings. The standard InChI is InChI=1S/C24H20F3N5O2S2/c1-15-6-4-7-16(12-15)32-20(13-28-22(34)19-10-5-11-35-19)30-31-23(32)36-14-21(33)29-18-9-3-2-8-17(18)24(25,26)27/h2-12H,13-14H2,1H3,(H,28,34)(H,29,33). The fraction of sp³-hybridized carbons (Fsp3) is 0.167. The summed E-state index contributed by atoms with van der Waals surface area (Å²) in [7, 11) is 0. The second-order valence-electron chi connectivity index (χ2n) is 7.61. The molecule has 0 aliphatic heterocycles. The van der Waals surface area contributed by atoms with E-state index in [2.05, 4.69) is 20.8 Å². The van der Waals surface area contributed by atoms with E-state index in [0.717, 1.165) is 29.1 Å². The maximum atomic E-state index is 13.2. The predicted octanol–water partition coefficient (Wildman–Crippen LogP) is 5.32. The molecule has 4 rings (SSSR count). The van der Waals surface area contributed by atoms with E-state index >= 15 is 0 Å². The number of halogens is 3. The molecule has 0 aliphatic carbocycles. The molecule has 7 nitrogen and oxygen atoms in total. The molecule has 0 saturated heterocycles. The Balaban J connectivity index is 1.51. The highest BCUT2D eigenvalue weighted by Gasteiger charge is 2.33. The first kappa shape index (κ1) is 25.5. The minimum absolute atomic E-state index is 0.0867. The van der Waals surface area contributed by atoms with Crippen molar-refractivity contribution in [2.24, 2.45) is 0 Å². The van der Waals surface area contributed by atoms with Gasteiger partial charge < -0.3 is 10.6 Å². The van der Waals surface area contributed by atoms with Crippen molar-refractivity contribution in [1.82, 2.24) is 20.1 Å². The predicted molar refractivity (Wildman–Crippen MR) is 132 cm³/mol. The first-order valence-electron chi connectivity index (χ1n) is 10.6. The summed E-state index contributed by atoms with van der Waals surface area (Å²) in [6, 6.07) is 15.8. The van der Waals surface area contributed by atoms with Gasteiger partial charge in [-0.1, -0.05) is 42.1 Å². The van der Waals surface area contributed by atoms with Gasteiger partial charge in [0.15, 0.2) is 11.0 Å². The number of rotatable bonds is 8. The van der Waals surface area contributed by atoms with Gasteiger partial charge in [-0.2, -0.15) is 13.2 Å². The van der Waals surface area contributed by atoms with Crippen LogP contribution >= 0.6 is 23.1 Å². The molecule has 12 heteroatoms. The maximum Gasteiger partial charge on any atom is 0.418 e. The number of thiophene rings is 1. The lowest BCUT2D eigenvalue weighted by molar-refractivity contribution is -0.137. The molecule has 2 heterocycles. The van der Waals surface area contributed by atoms with Crippen molar-refractivity contribution < 1.29 is 22.8 Å². The first-order valence-corrected chi connectivity index (χ1v) is 12.5. The quantitative estimate of drug-likeness (QED) is 0.301. The molecule has 0 saturated carbocycles. The highest BCUT2D eigenvalue weighted by Crippen LogP contribution is 2.34. The first-order chi connectivity index (χ1) is 17.2. The third kappa shape index (κ3) is 6.13. The van der Waals surface area contributed by atoms with Crippen LogP contribution in [0.15, 0.2) is 71.2 Å². The van der Waals surface area contributed by atoms with Crippen LogP contribution in [0.2, 0.25) is 0 Å². The number of nitrogens with one attached hydrogen (secondary N) is 2. The highest BCUT2D eigenvalue weighted by molar-refractivity contribution is 7.99. The average Bonchev–Trinajstić information content (AvgIpc) is 3.51. The zero-order valence-corrected chi connectivity index (χ0v) is 20.5. The molecule has 2 N–H and O–H groups in total. The van der Waals surface area contributed by atoms with Gasteiger partial charge in [0.1, 0.15) is 0 Å². The Labute approximate surface area is 212 Å². The number of para-hydroxylation sites is 1. The van der Waals surface area contributed by atoms with Crippen molar-refractivity contribution in [3.63, 3.8) is 0 Å². The number of hydrogen-bond donors (Lipinski definition) is 2. The maximum absolute atomic E-state index is 13.2. The van der Waals surface area contributed by atoms with Gasteiger partial charge in [0, 0.05) is 5.69 Å². The van der Waals surface area contributed by atoms with Crippen LogP contribution in [0.25, 0.3) is 5.69 Å². The SMILES string of the molecule is Cc1cccc(-n2c(CNC(=O)c3cccs3)nnc2SCC(=O)Nc2ccccc2C(F)(F)F)c1. The van der Waals surface area contributed by atoms with Gasteiger partial charge in [0.25, 0.3) is 5.91 Å². The molecule has 2 aromatic carbocycles. The van der Waals surface area contributed by atoms with Crippen molar-refractivity contribution in [2.75, 3.05) is 11.1 Å². The van der Waals surface area contributed by atoms with E-state index in [0.29, 0.717) is 15.9 Å². The van der Waals surface area contributed by atoms with E-state index in [1.54, 1.807) is 22.1 Å². The van der Waals surface area contributed by atoms with Crippen molar-refractivity contribution in [3.8, 4) is 5.69 Å². The molecular formula is C24H20F3N5O2S2. The van der Waals surface area contributed by atoms with Gasteiger partial charge in [0.2, 0.25) is 5.91 Å². The number of nitrogens with zero attached hydrogens (tertiary/aromatic N) is 3. The van der Waals surface area contributed by atoms with Gasteiger partial charge in [-0.25, -0.2) is 0 Å². The minimum Gasteiger partial charge on any atom is -0.344 e. The number of alkyl halides is 3. The van der Waals surface area contributed by atoms with Crippen LogP contribution in [0.4, 0.5) is 18.9 Å². The lowest BCUT2D eigenvalue weighted by Gasteiger charge is -2.14. The Morgan fingerprint density at radius 2 is 1.86 bits per heavy atom. The Kier molecular flexibility index (Phi) is 7.75. The molecule has 186 valence electrons. The lowest BCUT2D eigenvalue weighted by atomic mass is 10.1. The van der Waals surface area contributed by atoms with E-state index < -0.39 is 17.6 Å². The molecule has 0 fully saturated rings. The van der Waals surface area contributed by atoms with Crippen LogP contribution in [0, 0.1) is 6.92 Å². The summed E-state index contributed by atoms with van der Waals surface area (Å²) in [5.41, 5.74) is 0.473. The molecule has 0 radical (unpaired) electrons. The normalized spacial score (nSPS) is 11.3. The van der Waals surface area contributed by atoms with Crippen LogP contribution in [-0.4, -0.2) is 32.3 Å². The number of amides is 2. The van der Waals surface area contributed by atoms with Gasteiger partial charge in [-0.05, 0) is 48.2 Å². The molecule has 0 bridgehead atoms. The Morgan fingerprint density at radius 1 is 1.06 bits per heavy atom. The second-order valence-corrected chi connectivity index (χ2v) is 9.50. The monoisotopic (exact) mass is 531 g/mol. The van der Waals surface area contributed by atoms with E-state index in [-0.39, 0.29) is 23.9 Å². The van der Waals surface area contributed by atoms with Gasteiger partial charge in [-0.15, -0.1) is 21.5 Å². The fourth-order valence-electron chi connectivity index (χ4n) is 3.34. The largest absolute Gasteiger partial charge is 0.418 e. The average molecular weight is 532 g/mol. The van der Waals surface area contributed by atoms with Gasteiger partial charge in [0.05, 0.1) is 28.4 Å². The summed E-state index contributed by atoms with van der Waals surface area (Å²) < 4.78 is 41.4. The van der Waals surface area contributed by atoms with Crippen LogP contribution in [-0.2, 0) is 17.5 Å². The summed E-state index contributed by atoms with van der Waals surface area (Å²) in [5, 5.41) is 15.6. The van der Waals surface area contributed by atoms with Crippen LogP contribution in [0.5, 0.6) is 0 Å². The summed E-state index contributed by atoms with van der Waals surface area (Å²) in [6.45, 7) is 2.01. The topological polar surface area (TPSA) is 88.9 Å². The molecule has 2 aromatic heterocycles. The Morgan fingerprint density at radius 3 is 2.58 bits per heavy atom. The summed E-state index contributed by atoms with van der Waals surface area (Å²) in [6.07, 6.45) is -4.59. The fourth-order valence-corrected chi connectivity index (χ4v) is 4.76. The van der Waals surface area contributed by atoms with Crippen molar-refractivity contribution in [1.29, 1.82) is 0 Å². The number of carbonyl (C=O) groups is 2. The zero-order valence-electron chi connectivity index (χ0n) is 18.9. The summed E-state index contributed by atoms with van der Waals surface area (Å²) in [4.78, 5) is 25.4. The molecule has 4 aromatic rings. The van der Waals surface area contributed by atoms with Crippen molar-refractivity contribution >= 4 is 40.6 Å². The van der Waals surface area contributed by atoms with Crippen LogP contribution < -0.4 is 10.6 Å².